The lowest BCUT2D eigenvalue weighted by molar-refractivity contribution is -0.122. The van der Waals surface area contributed by atoms with E-state index in [9.17, 15) is 9.59 Å². The summed E-state index contributed by atoms with van der Waals surface area (Å²) in [6, 6.07) is 0.442. The molecule has 0 bridgehead atoms. The van der Waals surface area contributed by atoms with Gasteiger partial charge in [-0.3, -0.25) is 9.59 Å². The van der Waals surface area contributed by atoms with E-state index < -0.39 is 0 Å². The molecule has 1 rings (SSSR count). The molecule has 0 radical (unpaired) electrons. The van der Waals surface area contributed by atoms with E-state index in [1.807, 2.05) is 0 Å². The topological polar surface area (TPSA) is 58.2 Å². The van der Waals surface area contributed by atoms with Crippen molar-refractivity contribution < 1.29 is 9.59 Å². The van der Waals surface area contributed by atoms with Gasteiger partial charge in [0.05, 0.1) is 0 Å². The molecule has 1 aliphatic rings. The highest BCUT2D eigenvalue weighted by atomic mass is 16.2. The van der Waals surface area contributed by atoms with E-state index in [-0.39, 0.29) is 29.3 Å². The molecular formula is C15H28N2O2. The summed E-state index contributed by atoms with van der Waals surface area (Å²) in [5, 5.41) is 6.06. The van der Waals surface area contributed by atoms with Crippen LogP contribution in [0.2, 0.25) is 0 Å². The fourth-order valence-electron chi connectivity index (χ4n) is 2.53. The van der Waals surface area contributed by atoms with Crippen LogP contribution in [0.1, 0.15) is 66.2 Å². The van der Waals surface area contributed by atoms with Gasteiger partial charge in [0, 0.05) is 25.4 Å². The molecule has 0 aromatic rings. The molecule has 110 valence electrons. The Balaban J connectivity index is 2.31. The first-order chi connectivity index (χ1) is 8.76. The lowest BCUT2D eigenvalue weighted by Gasteiger charge is -2.30. The van der Waals surface area contributed by atoms with Crippen molar-refractivity contribution in [1.82, 2.24) is 10.6 Å². The fourth-order valence-corrected chi connectivity index (χ4v) is 2.53. The monoisotopic (exact) mass is 268 g/mol. The summed E-state index contributed by atoms with van der Waals surface area (Å²) in [5.41, 5.74) is 0.197. The molecule has 1 aliphatic carbocycles. The number of rotatable bonds is 4. The molecule has 2 atom stereocenters. The number of carbonyl (C=O) groups excluding carboxylic acids is 2. The van der Waals surface area contributed by atoms with Gasteiger partial charge in [-0.15, -0.1) is 0 Å². The van der Waals surface area contributed by atoms with E-state index in [0.717, 1.165) is 32.1 Å². The molecule has 1 saturated carbocycles. The van der Waals surface area contributed by atoms with E-state index >= 15 is 0 Å². The third-order valence-electron chi connectivity index (χ3n) is 3.55. The van der Waals surface area contributed by atoms with Crippen LogP contribution in [0.15, 0.2) is 0 Å². The van der Waals surface area contributed by atoms with Crippen molar-refractivity contribution in [3.63, 3.8) is 0 Å². The third-order valence-corrected chi connectivity index (χ3v) is 3.55. The van der Waals surface area contributed by atoms with Crippen LogP contribution >= 0.6 is 0 Å². The average molecular weight is 268 g/mol. The van der Waals surface area contributed by atoms with Crippen LogP contribution < -0.4 is 10.6 Å². The van der Waals surface area contributed by atoms with Crippen LogP contribution in [-0.2, 0) is 9.59 Å². The molecule has 0 aromatic carbocycles. The summed E-state index contributed by atoms with van der Waals surface area (Å²) in [7, 11) is 0. The van der Waals surface area contributed by atoms with Gasteiger partial charge in [0.15, 0.2) is 0 Å². The maximum atomic E-state index is 11.9. The minimum Gasteiger partial charge on any atom is -0.354 e. The third kappa shape index (κ3) is 7.19. The summed E-state index contributed by atoms with van der Waals surface area (Å²) in [6.07, 6.45) is 5.47. The SMILES string of the molecule is CC(=O)NC1CCCC(NC(=O)CCC(C)(C)C)C1. The van der Waals surface area contributed by atoms with E-state index in [4.69, 9.17) is 0 Å². The summed E-state index contributed by atoms with van der Waals surface area (Å²) in [6.45, 7) is 7.99. The second-order valence-electron chi connectivity index (χ2n) is 6.89. The van der Waals surface area contributed by atoms with Crippen molar-refractivity contribution in [2.24, 2.45) is 5.41 Å². The van der Waals surface area contributed by atoms with Gasteiger partial charge in [-0.1, -0.05) is 20.8 Å². The Labute approximate surface area is 116 Å². The molecule has 0 aromatic heterocycles. The van der Waals surface area contributed by atoms with Gasteiger partial charge in [0.2, 0.25) is 11.8 Å². The van der Waals surface area contributed by atoms with Crippen LogP contribution in [0.4, 0.5) is 0 Å². The first-order valence-electron chi connectivity index (χ1n) is 7.33. The highest BCUT2D eigenvalue weighted by molar-refractivity contribution is 5.76. The van der Waals surface area contributed by atoms with E-state index in [0.29, 0.717) is 6.42 Å². The van der Waals surface area contributed by atoms with Crippen LogP contribution in [-0.4, -0.2) is 23.9 Å². The second-order valence-corrected chi connectivity index (χ2v) is 6.89. The lowest BCUT2D eigenvalue weighted by Crippen LogP contribution is -2.45. The van der Waals surface area contributed by atoms with Gasteiger partial charge in [-0.05, 0) is 37.5 Å². The van der Waals surface area contributed by atoms with Gasteiger partial charge >= 0.3 is 0 Å². The molecule has 2 amide bonds. The molecule has 4 heteroatoms. The Morgan fingerprint density at radius 3 is 2.21 bits per heavy atom. The van der Waals surface area contributed by atoms with Crippen molar-refractivity contribution in [2.75, 3.05) is 0 Å². The Hall–Kier alpha value is -1.06. The van der Waals surface area contributed by atoms with Gasteiger partial charge in [0.25, 0.3) is 0 Å². The number of hydrogen-bond donors (Lipinski definition) is 2. The van der Waals surface area contributed by atoms with Gasteiger partial charge < -0.3 is 10.6 Å². The van der Waals surface area contributed by atoms with Crippen molar-refractivity contribution in [3.05, 3.63) is 0 Å². The first kappa shape index (κ1) is 16.0. The molecule has 19 heavy (non-hydrogen) atoms. The van der Waals surface area contributed by atoms with E-state index in [2.05, 4.69) is 31.4 Å². The number of hydrogen-bond acceptors (Lipinski definition) is 2. The Morgan fingerprint density at radius 2 is 1.68 bits per heavy atom. The maximum Gasteiger partial charge on any atom is 0.220 e. The first-order valence-corrected chi connectivity index (χ1v) is 7.33. The number of carbonyl (C=O) groups is 2. The Kier molecular flexibility index (Phi) is 5.83. The van der Waals surface area contributed by atoms with Crippen molar-refractivity contribution in [1.29, 1.82) is 0 Å². The highest BCUT2D eigenvalue weighted by Crippen LogP contribution is 2.22. The van der Waals surface area contributed by atoms with Crippen LogP contribution in [0.3, 0.4) is 0 Å². The lowest BCUT2D eigenvalue weighted by atomic mass is 9.89. The standard InChI is InChI=1S/C15H28N2O2/c1-11(18)16-12-6-5-7-13(10-12)17-14(19)8-9-15(2,3)4/h12-13H,5-10H2,1-4H3,(H,16,18)(H,17,19). The zero-order chi connectivity index (χ0) is 14.5. The largest absolute Gasteiger partial charge is 0.354 e. The zero-order valence-corrected chi connectivity index (χ0v) is 12.7. The highest BCUT2D eigenvalue weighted by Gasteiger charge is 2.24. The van der Waals surface area contributed by atoms with Crippen molar-refractivity contribution in [2.45, 2.75) is 78.3 Å². The quantitative estimate of drug-likeness (QED) is 0.822. The molecule has 2 N–H and O–H groups in total. The van der Waals surface area contributed by atoms with Crippen LogP contribution in [0, 0.1) is 5.41 Å². The predicted molar refractivity (Wildman–Crippen MR) is 76.7 cm³/mol. The molecule has 1 fully saturated rings. The molecule has 0 aliphatic heterocycles. The molecule has 4 nitrogen and oxygen atoms in total. The number of nitrogens with one attached hydrogen (secondary N) is 2. The molecule has 0 spiro atoms. The molecular weight excluding hydrogens is 240 g/mol. The average Bonchev–Trinajstić information content (AvgIpc) is 2.25. The summed E-state index contributed by atoms with van der Waals surface area (Å²) in [5.74, 6) is 0.160. The second kappa shape index (κ2) is 6.92. The van der Waals surface area contributed by atoms with Crippen molar-refractivity contribution in [3.8, 4) is 0 Å². The Bertz CT molecular complexity index is 321. The predicted octanol–water partition coefficient (Wildman–Crippen LogP) is 2.38. The smallest absolute Gasteiger partial charge is 0.220 e. The minimum absolute atomic E-state index is 0.0182. The number of amides is 2. The van der Waals surface area contributed by atoms with Crippen LogP contribution in [0.25, 0.3) is 0 Å². The van der Waals surface area contributed by atoms with Crippen molar-refractivity contribution >= 4 is 11.8 Å². The van der Waals surface area contributed by atoms with Crippen LogP contribution in [0.5, 0.6) is 0 Å². The minimum atomic E-state index is 0.0182. The van der Waals surface area contributed by atoms with E-state index in [1.54, 1.807) is 6.92 Å². The summed E-state index contributed by atoms with van der Waals surface area (Å²) >= 11 is 0. The zero-order valence-electron chi connectivity index (χ0n) is 12.7. The summed E-state index contributed by atoms with van der Waals surface area (Å²) in [4.78, 5) is 22.9. The fraction of sp³-hybridized carbons (Fsp3) is 0.867. The molecule has 0 saturated heterocycles. The molecule has 2 unspecified atom stereocenters. The van der Waals surface area contributed by atoms with E-state index in [1.165, 1.54) is 0 Å². The van der Waals surface area contributed by atoms with Gasteiger partial charge in [-0.25, -0.2) is 0 Å². The van der Waals surface area contributed by atoms with Gasteiger partial charge in [0.1, 0.15) is 0 Å². The maximum absolute atomic E-state index is 11.9. The Morgan fingerprint density at radius 1 is 1.11 bits per heavy atom. The summed E-state index contributed by atoms with van der Waals surface area (Å²) < 4.78 is 0. The normalized spacial score (nSPS) is 23.8. The van der Waals surface area contributed by atoms with Gasteiger partial charge in [-0.2, -0.15) is 0 Å². The molecule has 0 heterocycles.